The first-order valence-corrected chi connectivity index (χ1v) is 6.17. The smallest absolute Gasteiger partial charge is 0.123 e. The maximum Gasteiger partial charge on any atom is 0.123 e. The van der Waals surface area contributed by atoms with Crippen LogP contribution in [-0.2, 0) is 4.79 Å². The third-order valence-corrected chi connectivity index (χ3v) is 4.02. The van der Waals surface area contributed by atoms with E-state index in [0.717, 1.165) is 19.1 Å². The number of fused-ring (bicyclic) bond motifs is 2. The van der Waals surface area contributed by atoms with Gasteiger partial charge in [0.2, 0.25) is 0 Å². The minimum Gasteiger partial charge on any atom is -0.366 e. The summed E-state index contributed by atoms with van der Waals surface area (Å²) in [6.07, 6.45) is 5.77. The number of nitrogens with zero attached hydrogens (tertiary/aromatic N) is 1. The minimum absolute atomic E-state index is 0.303. The summed E-state index contributed by atoms with van der Waals surface area (Å²) in [6.45, 7) is 0. The molecule has 0 spiro atoms. The average molecular weight is 215 g/mol. The second-order valence-electron chi connectivity index (χ2n) is 5.00. The highest BCUT2D eigenvalue weighted by Crippen LogP contribution is 2.40. The Morgan fingerprint density at radius 1 is 1.06 bits per heavy atom. The maximum absolute atomic E-state index is 10.9. The first-order chi connectivity index (χ1) is 7.88. The minimum atomic E-state index is 0.303. The van der Waals surface area contributed by atoms with E-state index in [4.69, 9.17) is 0 Å². The Bertz CT molecular complexity index is 362. The second kappa shape index (κ2) is 3.93. The number of benzene rings is 1. The van der Waals surface area contributed by atoms with Gasteiger partial charge in [0, 0.05) is 23.7 Å². The quantitative estimate of drug-likeness (QED) is 0.707. The Morgan fingerprint density at radius 3 is 2.25 bits per heavy atom. The van der Waals surface area contributed by atoms with E-state index in [1.165, 1.54) is 18.5 Å². The molecule has 1 aromatic rings. The first kappa shape index (κ1) is 9.88. The van der Waals surface area contributed by atoms with E-state index in [1.54, 1.807) is 0 Å². The molecule has 2 saturated heterocycles. The number of carbonyl (C=O) groups is 1. The van der Waals surface area contributed by atoms with Crippen molar-refractivity contribution in [3.8, 4) is 0 Å². The van der Waals surface area contributed by atoms with Gasteiger partial charge in [0.15, 0.2) is 0 Å². The summed E-state index contributed by atoms with van der Waals surface area (Å²) in [6, 6.07) is 11.8. The van der Waals surface area contributed by atoms with Crippen LogP contribution < -0.4 is 4.90 Å². The normalized spacial score (nSPS) is 32.8. The highest BCUT2D eigenvalue weighted by molar-refractivity contribution is 5.57. The molecule has 2 atom stereocenters. The van der Waals surface area contributed by atoms with Gasteiger partial charge >= 0.3 is 0 Å². The van der Waals surface area contributed by atoms with Crippen LogP contribution in [0.2, 0.25) is 0 Å². The lowest BCUT2D eigenvalue weighted by Crippen LogP contribution is -2.43. The number of hydrogen-bond acceptors (Lipinski definition) is 2. The Labute approximate surface area is 96.3 Å². The number of anilines is 1. The Balaban J connectivity index is 1.86. The van der Waals surface area contributed by atoms with Crippen molar-refractivity contribution in [3.05, 3.63) is 30.3 Å². The third-order valence-electron chi connectivity index (χ3n) is 4.02. The molecule has 2 heteroatoms. The summed E-state index contributed by atoms with van der Waals surface area (Å²) in [5.41, 5.74) is 1.33. The predicted molar refractivity (Wildman–Crippen MR) is 64.5 cm³/mol. The Morgan fingerprint density at radius 2 is 1.69 bits per heavy atom. The second-order valence-corrected chi connectivity index (χ2v) is 5.00. The van der Waals surface area contributed by atoms with Crippen LogP contribution in [-0.4, -0.2) is 18.4 Å². The van der Waals surface area contributed by atoms with Crippen molar-refractivity contribution in [2.24, 2.45) is 5.92 Å². The molecule has 0 amide bonds. The van der Waals surface area contributed by atoms with Crippen molar-refractivity contribution in [1.82, 2.24) is 0 Å². The summed E-state index contributed by atoms with van der Waals surface area (Å²) in [5.74, 6) is 0.303. The van der Waals surface area contributed by atoms with Crippen molar-refractivity contribution in [3.63, 3.8) is 0 Å². The van der Waals surface area contributed by atoms with Gasteiger partial charge in [-0.2, -0.15) is 0 Å². The van der Waals surface area contributed by atoms with Crippen LogP contribution in [0.3, 0.4) is 0 Å². The van der Waals surface area contributed by atoms with Crippen LogP contribution in [0.5, 0.6) is 0 Å². The third kappa shape index (κ3) is 1.53. The zero-order valence-corrected chi connectivity index (χ0v) is 9.38. The molecular formula is C14H17NO. The number of aldehydes is 1. The fraction of sp³-hybridized carbons (Fsp3) is 0.500. The highest BCUT2D eigenvalue weighted by atomic mass is 16.1. The molecule has 0 aliphatic carbocycles. The van der Waals surface area contributed by atoms with E-state index in [1.807, 2.05) is 0 Å². The molecule has 2 fully saturated rings. The van der Waals surface area contributed by atoms with Gasteiger partial charge in [0.25, 0.3) is 0 Å². The molecule has 2 nitrogen and oxygen atoms in total. The van der Waals surface area contributed by atoms with Crippen LogP contribution in [0.25, 0.3) is 0 Å². The van der Waals surface area contributed by atoms with E-state index >= 15 is 0 Å². The molecule has 2 heterocycles. The number of carbonyl (C=O) groups excluding carboxylic acids is 1. The summed E-state index contributed by atoms with van der Waals surface area (Å²) in [5, 5.41) is 0. The molecule has 2 bridgehead atoms. The summed E-state index contributed by atoms with van der Waals surface area (Å²) >= 11 is 0. The molecule has 84 valence electrons. The van der Waals surface area contributed by atoms with Gasteiger partial charge in [-0.25, -0.2) is 0 Å². The highest BCUT2D eigenvalue weighted by Gasteiger charge is 2.40. The van der Waals surface area contributed by atoms with Gasteiger partial charge in [0.05, 0.1) is 0 Å². The van der Waals surface area contributed by atoms with Crippen LogP contribution in [0.1, 0.15) is 25.7 Å². The van der Waals surface area contributed by atoms with E-state index in [9.17, 15) is 4.79 Å². The van der Waals surface area contributed by atoms with E-state index in [0.29, 0.717) is 18.0 Å². The monoisotopic (exact) mass is 215 g/mol. The first-order valence-electron chi connectivity index (χ1n) is 6.17. The van der Waals surface area contributed by atoms with E-state index < -0.39 is 0 Å². The molecule has 0 N–H and O–H groups in total. The fourth-order valence-corrected chi connectivity index (χ4v) is 3.35. The summed E-state index contributed by atoms with van der Waals surface area (Å²) < 4.78 is 0. The lowest BCUT2D eigenvalue weighted by molar-refractivity contribution is -0.111. The van der Waals surface area contributed by atoms with Crippen LogP contribution in [0, 0.1) is 5.92 Å². The largest absolute Gasteiger partial charge is 0.366 e. The van der Waals surface area contributed by atoms with Gasteiger partial charge in [-0.3, -0.25) is 0 Å². The van der Waals surface area contributed by atoms with E-state index in [-0.39, 0.29) is 0 Å². The molecule has 0 radical (unpaired) electrons. The van der Waals surface area contributed by atoms with Gasteiger partial charge in [0.1, 0.15) is 6.29 Å². The van der Waals surface area contributed by atoms with Gasteiger partial charge < -0.3 is 9.69 Å². The molecule has 2 unspecified atom stereocenters. The molecule has 16 heavy (non-hydrogen) atoms. The zero-order chi connectivity index (χ0) is 11.0. The maximum atomic E-state index is 10.9. The van der Waals surface area contributed by atoms with Gasteiger partial charge in [-0.1, -0.05) is 18.2 Å². The number of para-hydroxylation sites is 1. The topological polar surface area (TPSA) is 20.3 Å². The van der Waals surface area contributed by atoms with Crippen LogP contribution in [0.15, 0.2) is 30.3 Å². The summed E-state index contributed by atoms with van der Waals surface area (Å²) in [7, 11) is 0. The van der Waals surface area contributed by atoms with E-state index in [2.05, 4.69) is 35.2 Å². The molecule has 2 aliphatic heterocycles. The summed E-state index contributed by atoms with van der Waals surface area (Å²) in [4.78, 5) is 13.4. The van der Waals surface area contributed by atoms with Crippen molar-refractivity contribution in [2.45, 2.75) is 37.8 Å². The number of hydrogen-bond donors (Lipinski definition) is 0. The Hall–Kier alpha value is -1.31. The molecule has 0 saturated carbocycles. The van der Waals surface area contributed by atoms with Crippen molar-refractivity contribution in [2.75, 3.05) is 4.90 Å². The molecule has 2 aliphatic rings. The lowest BCUT2D eigenvalue weighted by Gasteiger charge is -2.39. The standard InChI is InChI=1S/C14H17NO/c16-10-11-8-13-6-7-14(9-11)15(13)12-4-2-1-3-5-12/h1-5,10-11,13-14H,6-9H2. The zero-order valence-electron chi connectivity index (χ0n) is 9.38. The SMILES string of the molecule is O=CC1CC2CCC(C1)N2c1ccccc1. The average Bonchev–Trinajstić information content (AvgIpc) is 2.61. The van der Waals surface area contributed by atoms with Gasteiger partial charge in [-0.15, -0.1) is 0 Å². The van der Waals surface area contributed by atoms with Crippen LogP contribution >= 0.6 is 0 Å². The Kier molecular flexibility index (Phi) is 2.43. The van der Waals surface area contributed by atoms with Crippen LogP contribution in [0.4, 0.5) is 5.69 Å². The van der Waals surface area contributed by atoms with Crippen molar-refractivity contribution < 1.29 is 4.79 Å². The van der Waals surface area contributed by atoms with Gasteiger partial charge in [-0.05, 0) is 37.8 Å². The van der Waals surface area contributed by atoms with Crippen molar-refractivity contribution in [1.29, 1.82) is 0 Å². The lowest BCUT2D eigenvalue weighted by atomic mass is 9.91. The predicted octanol–water partition coefficient (Wildman–Crippen LogP) is 2.63. The molecule has 1 aromatic carbocycles. The van der Waals surface area contributed by atoms with Crippen molar-refractivity contribution >= 4 is 12.0 Å². The molecule has 3 rings (SSSR count). The number of rotatable bonds is 2. The molecular weight excluding hydrogens is 198 g/mol. The number of piperidine rings is 1. The fourth-order valence-electron chi connectivity index (χ4n) is 3.35. The molecule has 0 aromatic heterocycles.